The van der Waals surface area contributed by atoms with Gasteiger partial charge in [-0.1, -0.05) is 26.3 Å². The lowest BCUT2D eigenvalue weighted by Crippen LogP contribution is -2.48. The number of methoxy groups -OCH3 is 1. The number of hydrogen-bond acceptors (Lipinski definition) is 9. The number of unbranched alkanes of at least 4 members (excludes halogenated alkanes) is 2. The molecule has 4 rings (SSSR count). The predicted molar refractivity (Wildman–Crippen MR) is 161 cm³/mol. The Kier molecular flexibility index (Phi) is 10.6. The second kappa shape index (κ2) is 14.5. The quantitative estimate of drug-likeness (QED) is 0.251. The first kappa shape index (κ1) is 29.9. The number of hydrogen-bond donors (Lipinski definition) is 3. The lowest BCUT2D eigenvalue weighted by atomic mass is 10.1. The van der Waals surface area contributed by atoms with E-state index < -0.39 is 0 Å². The highest BCUT2D eigenvalue weighted by Gasteiger charge is 2.22. The SMILES string of the molecule is CCCCNc1nc(N)nc2cn(Cc3ccc(N4CCN(C(=O)CCCCNC(=O)CC)CC4)cc3OC)nc12. The molecule has 1 aliphatic rings. The molecule has 1 aromatic carbocycles. The molecule has 12 heteroatoms. The number of rotatable bonds is 14. The third-order valence-electron chi connectivity index (χ3n) is 7.31. The van der Waals surface area contributed by atoms with Gasteiger partial charge in [0.2, 0.25) is 17.8 Å². The highest BCUT2D eigenvalue weighted by Crippen LogP contribution is 2.28. The van der Waals surface area contributed by atoms with Crippen LogP contribution in [0.5, 0.6) is 5.75 Å². The van der Waals surface area contributed by atoms with Crippen molar-refractivity contribution in [2.75, 3.05) is 62.3 Å². The summed E-state index contributed by atoms with van der Waals surface area (Å²) in [5.41, 5.74) is 9.39. The van der Waals surface area contributed by atoms with Gasteiger partial charge in [-0.25, -0.2) is 4.98 Å². The molecule has 0 unspecified atom stereocenters. The molecule has 4 N–H and O–H groups in total. The summed E-state index contributed by atoms with van der Waals surface area (Å²) in [5, 5.41) is 10.9. The van der Waals surface area contributed by atoms with Crippen molar-refractivity contribution in [1.82, 2.24) is 30.0 Å². The van der Waals surface area contributed by atoms with E-state index in [0.717, 1.165) is 62.3 Å². The number of nitrogens with zero attached hydrogens (tertiary/aromatic N) is 6. The van der Waals surface area contributed by atoms with Gasteiger partial charge >= 0.3 is 0 Å². The molecule has 0 spiro atoms. The lowest BCUT2D eigenvalue weighted by Gasteiger charge is -2.36. The van der Waals surface area contributed by atoms with Crippen LogP contribution < -0.4 is 26.0 Å². The van der Waals surface area contributed by atoms with Crippen LogP contribution in [0.4, 0.5) is 17.5 Å². The van der Waals surface area contributed by atoms with Crippen LogP contribution in [-0.2, 0) is 16.1 Å². The molecule has 222 valence electrons. The Balaban J connectivity index is 1.33. The molecule has 2 amide bonds. The minimum absolute atomic E-state index is 0.0526. The van der Waals surface area contributed by atoms with E-state index in [9.17, 15) is 9.59 Å². The van der Waals surface area contributed by atoms with Gasteiger partial charge < -0.3 is 30.9 Å². The summed E-state index contributed by atoms with van der Waals surface area (Å²) in [5.74, 6) is 1.89. The first-order valence-electron chi connectivity index (χ1n) is 14.6. The number of amides is 2. The van der Waals surface area contributed by atoms with Crippen molar-refractivity contribution in [3.63, 3.8) is 0 Å². The van der Waals surface area contributed by atoms with Gasteiger partial charge in [-0.2, -0.15) is 10.1 Å². The lowest BCUT2D eigenvalue weighted by molar-refractivity contribution is -0.131. The highest BCUT2D eigenvalue weighted by molar-refractivity contribution is 5.85. The van der Waals surface area contributed by atoms with Gasteiger partial charge in [0.25, 0.3) is 0 Å². The molecule has 0 aliphatic carbocycles. The van der Waals surface area contributed by atoms with E-state index in [1.165, 1.54) is 0 Å². The summed E-state index contributed by atoms with van der Waals surface area (Å²) in [6.45, 7) is 8.82. The molecule has 41 heavy (non-hydrogen) atoms. The summed E-state index contributed by atoms with van der Waals surface area (Å²) < 4.78 is 7.59. The van der Waals surface area contributed by atoms with E-state index in [4.69, 9.17) is 15.6 Å². The Morgan fingerprint density at radius 3 is 2.59 bits per heavy atom. The van der Waals surface area contributed by atoms with Crippen molar-refractivity contribution in [3.05, 3.63) is 30.0 Å². The largest absolute Gasteiger partial charge is 0.496 e. The van der Waals surface area contributed by atoms with Crippen LogP contribution in [0.2, 0.25) is 0 Å². The van der Waals surface area contributed by atoms with Gasteiger partial charge in [-0.3, -0.25) is 14.3 Å². The summed E-state index contributed by atoms with van der Waals surface area (Å²) in [6.07, 6.45) is 6.59. The van der Waals surface area contributed by atoms with E-state index in [1.807, 2.05) is 22.7 Å². The maximum atomic E-state index is 12.7. The number of aromatic nitrogens is 4. The molecule has 0 bridgehead atoms. The van der Waals surface area contributed by atoms with Gasteiger partial charge in [0, 0.05) is 69.4 Å². The zero-order valence-corrected chi connectivity index (χ0v) is 24.5. The van der Waals surface area contributed by atoms with Gasteiger partial charge in [-0.05, 0) is 25.3 Å². The number of benzene rings is 1. The molecule has 3 aromatic rings. The minimum Gasteiger partial charge on any atom is -0.496 e. The van der Waals surface area contributed by atoms with Crippen LogP contribution in [0.3, 0.4) is 0 Å². The summed E-state index contributed by atoms with van der Waals surface area (Å²) in [6, 6.07) is 6.21. The maximum Gasteiger partial charge on any atom is 0.222 e. The van der Waals surface area contributed by atoms with E-state index in [2.05, 4.69) is 50.6 Å². The number of nitrogens with one attached hydrogen (secondary N) is 2. The zero-order valence-electron chi connectivity index (χ0n) is 24.5. The molecule has 1 fully saturated rings. The molecule has 0 radical (unpaired) electrons. The average molecular weight is 566 g/mol. The number of fused-ring (bicyclic) bond motifs is 1. The predicted octanol–water partition coefficient (Wildman–Crippen LogP) is 3.02. The number of anilines is 3. The van der Waals surface area contributed by atoms with Crippen molar-refractivity contribution in [2.45, 2.75) is 58.9 Å². The van der Waals surface area contributed by atoms with Crippen LogP contribution in [0.1, 0.15) is 57.9 Å². The van der Waals surface area contributed by atoms with Crippen LogP contribution >= 0.6 is 0 Å². The van der Waals surface area contributed by atoms with Crippen molar-refractivity contribution < 1.29 is 14.3 Å². The second-order valence-corrected chi connectivity index (χ2v) is 10.3. The summed E-state index contributed by atoms with van der Waals surface area (Å²) >= 11 is 0. The first-order valence-corrected chi connectivity index (χ1v) is 14.6. The van der Waals surface area contributed by atoms with E-state index >= 15 is 0 Å². The molecule has 1 aliphatic heterocycles. The fourth-order valence-electron chi connectivity index (χ4n) is 4.93. The standard InChI is InChI=1S/C29H43N9O3/c1-4-6-12-32-28-27-23(33-29(30)34-28)20-38(35-27)19-21-10-11-22(18-24(21)41-3)36-14-16-37(17-15-36)26(40)9-7-8-13-31-25(39)5-2/h10-11,18,20H,4-9,12-17,19H2,1-3H3,(H,31,39)(H3,30,32,33,34). The second-order valence-electron chi connectivity index (χ2n) is 10.3. The number of carbonyl (C=O) groups excluding carboxylic acids is 2. The van der Waals surface area contributed by atoms with Gasteiger partial charge in [0.15, 0.2) is 11.3 Å². The third-order valence-corrected chi connectivity index (χ3v) is 7.31. The Hall–Kier alpha value is -4.09. The maximum absolute atomic E-state index is 12.7. The highest BCUT2D eigenvalue weighted by atomic mass is 16.5. The van der Waals surface area contributed by atoms with E-state index in [0.29, 0.717) is 55.9 Å². The van der Waals surface area contributed by atoms with Crippen molar-refractivity contribution in [2.24, 2.45) is 0 Å². The third kappa shape index (κ3) is 7.99. The Morgan fingerprint density at radius 1 is 1.05 bits per heavy atom. The molecule has 1 saturated heterocycles. The zero-order chi connectivity index (χ0) is 29.2. The van der Waals surface area contributed by atoms with Crippen molar-refractivity contribution in [1.29, 1.82) is 0 Å². The van der Waals surface area contributed by atoms with Gasteiger partial charge in [0.05, 0.1) is 19.9 Å². The van der Waals surface area contributed by atoms with E-state index in [1.54, 1.807) is 7.11 Å². The molecule has 12 nitrogen and oxygen atoms in total. The Bertz CT molecular complexity index is 1320. The number of nitrogen functional groups attached to an aromatic ring is 1. The van der Waals surface area contributed by atoms with Gasteiger partial charge in [-0.15, -0.1) is 0 Å². The molecular formula is C29H43N9O3. The Labute approximate surface area is 241 Å². The van der Waals surface area contributed by atoms with Crippen molar-refractivity contribution >= 4 is 40.3 Å². The molecule has 0 saturated carbocycles. The minimum atomic E-state index is 0.0526. The molecular weight excluding hydrogens is 522 g/mol. The van der Waals surface area contributed by atoms with Crippen LogP contribution in [0, 0.1) is 0 Å². The molecule has 2 aromatic heterocycles. The number of nitrogens with two attached hydrogens (primary N) is 1. The van der Waals surface area contributed by atoms with Crippen LogP contribution in [-0.4, -0.2) is 82.8 Å². The monoisotopic (exact) mass is 565 g/mol. The van der Waals surface area contributed by atoms with Crippen LogP contribution in [0.15, 0.2) is 24.4 Å². The fraction of sp³-hybridized carbons (Fsp3) is 0.552. The molecule has 0 atom stereocenters. The number of piperazine rings is 1. The first-order chi connectivity index (χ1) is 19.9. The number of carbonyl (C=O) groups is 2. The number of ether oxygens (including phenoxy) is 1. The topological polar surface area (TPSA) is 144 Å². The average Bonchev–Trinajstić information content (AvgIpc) is 3.39. The summed E-state index contributed by atoms with van der Waals surface area (Å²) in [4.78, 5) is 36.9. The Morgan fingerprint density at radius 2 is 1.85 bits per heavy atom. The van der Waals surface area contributed by atoms with Crippen molar-refractivity contribution in [3.8, 4) is 5.75 Å². The normalized spacial score (nSPS) is 13.4. The smallest absolute Gasteiger partial charge is 0.222 e. The van der Waals surface area contributed by atoms with E-state index in [-0.39, 0.29) is 17.8 Å². The summed E-state index contributed by atoms with van der Waals surface area (Å²) in [7, 11) is 1.68. The molecule has 3 heterocycles. The van der Waals surface area contributed by atoms with Gasteiger partial charge in [0.1, 0.15) is 11.3 Å². The van der Waals surface area contributed by atoms with Crippen LogP contribution in [0.25, 0.3) is 11.0 Å². The fourth-order valence-corrected chi connectivity index (χ4v) is 4.93.